The predicted molar refractivity (Wildman–Crippen MR) is 227 cm³/mol. The summed E-state index contributed by atoms with van der Waals surface area (Å²) in [6.07, 6.45) is 0. The third-order valence-electron chi connectivity index (χ3n) is 10.7. The van der Waals surface area contributed by atoms with Gasteiger partial charge >= 0.3 is 0 Å². The van der Waals surface area contributed by atoms with Crippen molar-refractivity contribution < 1.29 is 4.42 Å². The lowest BCUT2D eigenvalue weighted by molar-refractivity contribution is 0.670. The zero-order chi connectivity index (χ0) is 36.3. The topological polar surface area (TPSA) is 51.8 Å². The van der Waals surface area contributed by atoms with Gasteiger partial charge in [0.1, 0.15) is 11.2 Å². The highest BCUT2D eigenvalue weighted by Gasteiger charge is 2.19. The van der Waals surface area contributed by atoms with Crippen LogP contribution >= 0.6 is 0 Å². The van der Waals surface area contributed by atoms with E-state index in [9.17, 15) is 0 Å². The SMILES string of the molecule is c1ccc(-c2cccc(-c3c4ccccc4cc4c3oc3cc(-c5nc(-c6ccc7ccccc7c6)nc(-c6ccc7ccccc7c6)n5)ccc34)c2)cc1. The van der Waals surface area contributed by atoms with E-state index >= 15 is 0 Å². The number of rotatable bonds is 5. The van der Waals surface area contributed by atoms with Gasteiger partial charge in [-0.05, 0) is 85.4 Å². The molecule has 0 aliphatic carbocycles. The Morgan fingerprint density at radius 3 is 1.49 bits per heavy atom. The van der Waals surface area contributed by atoms with Crippen molar-refractivity contribution in [3.05, 3.63) is 188 Å². The van der Waals surface area contributed by atoms with Crippen LogP contribution in [0.3, 0.4) is 0 Å². The molecule has 0 aliphatic heterocycles. The molecule has 0 atom stereocenters. The zero-order valence-corrected chi connectivity index (χ0v) is 29.6. The molecule has 4 nitrogen and oxygen atoms in total. The summed E-state index contributed by atoms with van der Waals surface area (Å²) in [6, 6.07) is 65.8. The normalized spacial score (nSPS) is 11.6. The van der Waals surface area contributed by atoms with Crippen molar-refractivity contribution >= 4 is 54.3 Å². The minimum atomic E-state index is 0.588. The van der Waals surface area contributed by atoms with Crippen LogP contribution in [0, 0.1) is 0 Å². The van der Waals surface area contributed by atoms with Crippen molar-refractivity contribution in [2.24, 2.45) is 0 Å². The number of hydrogen-bond donors (Lipinski definition) is 0. The van der Waals surface area contributed by atoms with Gasteiger partial charge in [0.05, 0.1) is 0 Å². The number of hydrogen-bond acceptors (Lipinski definition) is 4. The second kappa shape index (κ2) is 12.6. The third-order valence-corrected chi connectivity index (χ3v) is 10.7. The van der Waals surface area contributed by atoms with Crippen LogP contribution in [0.25, 0.3) is 111 Å². The van der Waals surface area contributed by atoms with Gasteiger partial charge < -0.3 is 4.42 Å². The summed E-state index contributed by atoms with van der Waals surface area (Å²) in [5, 5.41) is 9.05. The van der Waals surface area contributed by atoms with Crippen LogP contribution in [0.2, 0.25) is 0 Å². The molecular formula is C51H31N3O. The van der Waals surface area contributed by atoms with Crippen LogP contribution in [0.15, 0.2) is 192 Å². The predicted octanol–water partition coefficient (Wildman–Crippen LogP) is 13.6. The molecule has 0 saturated carbocycles. The van der Waals surface area contributed by atoms with E-state index in [1.165, 1.54) is 21.7 Å². The van der Waals surface area contributed by atoms with Gasteiger partial charge in [0.25, 0.3) is 0 Å². The molecule has 0 saturated heterocycles. The van der Waals surface area contributed by atoms with Crippen molar-refractivity contribution in [2.75, 3.05) is 0 Å². The Bertz CT molecular complexity index is 3180. The van der Waals surface area contributed by atoms with Gasteiger partial charge in [-0.15, -0.1) is 0 Å². The fraction of sp³-hybridized carbons (Fsp3) is 0. The lowest BCUT2D eigenvalue weighted by Gasteiger charge is -2.10. The van der Waals surface area contributed by atoms with E-state index in [1.54, 1.807) is 0 Å². The Hall–Kier alpha value is -7.43. The number of aromatic nitrogens is 3. The molecule has 4 heteroatoms. The van der Waals surface area contributed by atoms with E-state index in [0.717, 1.165) is 71.5 Å². The van der Waals surface area contributed by atoms with Crippen molar-refractivity contribution in [1.82, 2.24) is 15.0 Å². The molecule has 0 aliphatic rings. The van der Waals surface area contributed by atoms with E-state index < -0.39 is 0 Å². The van der Waals surface area contributed by atoms with Crippen LogP contribution in [-0.4, -0.2) is 15.0 Å². The fourth-order valence-corrected chi connectivity index (χ4v) is 7.90. The van der Waals surface area contributed by atoms with E-state index in [2.05, 4.69) is 188 Å². The maximum Gasteiger partial charge on any atom is 0.164 e. The largest absolute Gasteiger partial charge is 0.455 e. The Morgan fingerprint density at radius 1 is 0.291 bits per heavy atom. The number of nitrogens with zero attached hydrogens (tertiary/aromatic N) is 3. The molecule has 2 heterocycles. The summed E-state index contributed by atoms with van der Waals surface area (Å²) in [6.45, 7) is 0. The number of benzene rings is 9. The minimum Gasteiger partial charge on any atom is -0.455 e. The molecule has 256 valence electrons. The van der Waals surface area contributed by atoms with Gasteiger partial charge in [0.15, 0.2) is 17.5 Å². The lowest BCUT2D eigenvalue weighted by atomic mass is 9.93. The monoisotopic (exact) mass is 701 g/mol. The molecule has 0 radical (unpaired) electrons. The molecule has 2 aromatic heterocycles. The first kappa shape index (κ1) is 31.1. The van der Waals surface area contributed by atoms with Gasteiger partial charge in [-0.2, -0.15) is 0 Å². The molecule has 11 rings (SSSR count). The van der Waals surface area contributed by atoms with E-state index in [1.807, 2.05) is 0 Å². The van der Waals surface area contributed by atoms with E-state index in [4.69, 9.17) is 19.4 Å². The minimum absolute atomic E-state index is 0.588. The van der Waals surface area contributed by atoms with Gasteiger partial charge in [-0.1, -0.05) is 152 Å². The third kappa shape index (κ3) is 5.43. The Labute approximate surface area is 317 Å². The summed E-state index contributed by atoms with van der Waals surface area (Å²) in [4.78, 5) is 15.3. The first-order valence-corrected chi connectivity index (χ1v) is 18.5. The summed E-state index contributed by atoms with van der Waals surface area (Å²) in [5.41, 5.74) is 8.90. The van der Waals surface area contributed by atoms with Crippen LogP contribution in [-0.2, 0) is 0 Å². The highest BCUT2D eigenvalue weighted by Crippen LogP contribution is 2.43. The van der Waals surface area contributed by atoms with Crippen LogP contribution < -0.4 is 0 Å². The van der Waals surface area contributed by atoms with Crippen molar-refractivity contribution in [1.29, 1.82) is 0 Å². The molecule has 0 spiro atoms. The van der Waals surface area contributed by atoms with Crippen molar-refractivity contribution in [3.8, 4) is 56.4 Å². The fourth-order valence-electron chi connectivity index (χ4n) is 7.90. The van der Waals surface area contributed by atoms with E-state index in [-0.39, 0.29) is 0 Å². The molecule has 0 bridgehead atoms. The summed E-state index contributed by atoms with van der Waals surface area (Å²) < 4.78 is 6.91. The average Bonchev–Trinajstić information content (AvgIpc) is 3.62. The summed E-state index contributed by atoms with van der Waals surface area (Å²) in [7, 11) is 0. The zero-order valence-electron chi connectivity index (χ0n) is 29.6. The van der Waals surface area contributed by atoms with Gasteiger partial charge in [-0.25, -0.2) is 15.0 Å². The molecule has 9 aromatic carbocycles. The van der Waals surface area contributed by atoms with Gasteiger partial charge in [0, 0.05) is 33.0 Å². The Balaban J connectivity index is 1.10. The maximum atomic E-state index is 6.91. The molecular weight excluding hydrogens is 671 g/mol. The molecule has 55 heavy (non-hydrogen) atoms. The standard InChI is InChI=1S/C51H31N3O/c1-2-11-32(12-3-1)37-18-10-19-39(27-37)47-43-20-9-8-17-38(43)30-45-44-26-25-42(31-46(44)55-48(45)47)51-53-49(40-23-21-33-13-4-6-15-35(33)28-40)52-50(54-51)41-24-22-34-14-5-7-16-36(34)29-41/h1-31H. The maximum absolute atomic E-state index is 6.91. The quantitative estimate of drug-likeness (QED) is 0.179. The smallest absolute Gasteiger partial charge is 0.164 e. The molecule has 11 aromatic rings. The highest BCUT2D eigenvalue weighted by molar-refractivity contribution is 6.18. The highest BCUT2D eigenvalue weighted by atomic mass is 16.3. The molecule has 0 unspecified atom stereocenters. The second-order valence-corrected chi connectivity index (χ2v) is 14.0. The summed E-state index contributed by atoms with van der Waals surface area (Å²) in [5.74, 6) is 1.83. The van der Waals surface area contributed by atoms with E-state index in [0.29, 0.717) is 17.5 Å². The second-order valence-electron chi connectivity index (χ2n) is 14.0. The first-order valence-electron chi connectivity index (χ1n) is 18.5. The number of fused-ring (bicyclic) bond motifs is 6. The van der Waals surface area contributed by atoms with Crippen LogP contribution in [0.5, 0.6) is 0 Å². The molecule has 0 N–H and O–H groups in total. The Morgan fingerprint density at radius 2 is 0.818 bits per heavy atom. The lowest BCUT2D eigenvalue weighted by Crippen LogP contribution is -2.00. The van der Waals surface area contributed by atoms with Crippen LogP contribution in [0.4, 0.5) is 0 Å². The first-order chi connectivity index (χ1) is 27.2. The van der Waals surface area contributed by atoms with Crippen molar-refractivity contribution in [3.63, 3.8) is 0 Å². The van der Waals surface area contributed by atoms with Crippen LogP contribution in [0.1, 0.15) is 0 Å². The van der Waals surface area contributed by atoms with Gasteiger partial charge in [0.2, 0.25) is 0 Å². The number of furan rings is 1. The Kier molecular flexibility index (Phi) is 7.14. The molecule has 0 fully saturated rings. The summed E-state index contributed by atoms with van der Waals surface area (Å²) >= 11 is 0. The average molecular weight is 702 g/mol. The van der Waals surface area contributed by atoms with Crippen molar-refractivity contribution in [2.45, 2.75) is 0 Å². The van der Waals surface area contributed by atoms with Gasteiger partial charge in [-0.3, -0.25) is 0 Å². The molecule has 0 amide bonds.